The molecule has 0 radical (unpaired) electrons. The van der Waals surface area contributed by atoms with Gasteiger partial charge in [-0.15, -0.1) is 6.58 Å². The lowest BCUT2D eigenvalue weighted by molar-refractivity contribution is -0.129. The quantitative estimate of drug-likeness (QED) is 0.506. The van der Waals surface area contributed by atoms with E-state index in [-0.39, 0.29) is 23.7 Å². The molecule has 28 heavy (non-hydrogen) atoms. The van der Waals surface area contributed by atoms with Gasteiger partial charge in [-0.1, -0.05) is 65.2 Å². The van der Waals surface area contributed by atoms with Crippen LogP contribution in [0.4, 0.5) is 0 Å². The summed E-state index contributed by atoms with van der Waals surface area (Å²) >= 11 is 18.7. The van der Waals surface area contributed by atoms with Crippen LogP contribution < -0.4 is 0 Å². The molecule has 1 heterocycles. The van der Waals surface area contributed by atoms with Crippen molar-refractivity contribution in [1.29, 1.82) is 0 Å². The van der Waals surface area contributed by atoms with Gasteiger partial charge in [0.2, 0.25) is 5.91 Å². The normalized spacial score (nSPS) is 24.1. The minimum Gasteiger partial charge on any atom is -0.338 e. The molecule has 2 nitrogen and oxygen atoms in total. The molecule has 0 N–H and O–H groups in total. The van der Waals surface area contributed by atoms with Crippen LogP contribution >= 0.6 is 34.8 Å². The van der Waals surface area contributed by atoms with Gasteiger partial charge in [0.15, 0.2) is 0 Å². The van der Waals surface area contributed by atoms with E-state index in [0.717, 1.165) is 24.1 Å². The van der Waals surface area contributed by atoms with Gasteiger partial charge in [-0.05, 0) is 53.3 Å². The fourth-order valence-corrected chi connectivity index (χ4v) is 5.04. The van der Waals surface area contributed by atoms with Crippen molar-refractivity contribution >= 4 is 46.3 Å². The first-order chi connectivity index (χ1) is 13.5. The molecule has 4 rings (SSSR count). The van der Waals surface area contributed by atoms with E-state index in [4.69, 9.17) is 34.8 Å². The predicted molar refractivity (Wildman–Crippen MR) is 117 cm³/mol. The largest absolute Gasteiger partial charge is 0.338 e. The number of carbonyl (C=O) groups excluding carboxylic acids is 1. The van der Waals surface area contributed by atoms with Crippen molar-refractivity contribution in [1.82, 2.24) is 4.90 Å². The fraction of sp³-hybridized carbons (Fsp3) is 0.261. The lowest BCUT2D eigenvalue weighted by atomic mass is 9.71. The number of benzene rings is 2. The van der Waals surface area contributed by atoms with Crippen molar-refractivity contribution in [3.63, 3.8) is 0 Å². The molecule has 1 aliphatic heterocycles. The Balaban J connectivity index is 1.80. The lowest BCUT2D eigenvalue weighted by Gasteiger charge is -2.31. The van der Waals surface area contributed by atoms with Gasteiger partial charge in [0.25, 0.3) is 0 Å². The number of hydrogen-bond acceptors (Lipinski definition) is 1. The number of fused-ring (bicyclic) bond motifs is 1. The minimum absolute atomic E-state index is 0.120. The van der Waals surface area contributed by atoms with E-state index in [1.807, 2.05) is 29.2 Å². The van der Waals surface area contributed by atoms with E-state index in [1.165, 1.54) is 5.56 Å². The van der Waals surface area contributed by atoms with Crippen molar-refractivity contribution in [2.24, 2.45) is 11.8 Å². The van der Waals surface area contributed by atoms with Crippen molar-refractivity contribution in [2.45, 2.75) is 12.3 Å². The smallest absolute Gasteiger partial charge is 0.230 e. The Kier molecular flexibility index (Phi) is 5.55. The molecule has 0 unspecified atom stereocenters. The lowest BCUT2D eigenvalue weighted by Crippen LogP contribution is -2.27. The molecule has 1 fully saturated rings. The molecule has 1 amide bonds. The second-order valence-electron chi connectivity index (χ2n) is 7.40. The van der Waals surface area contributed by atoms with Crippen molar-refractivity contribution < 1.29 is 4.79 Å². The van der Waals surface area contributed by atoms with Crippen LogP contribution in [-0.4, -0.2) is 23.9 Å². The number of hydrogen-bond donors (Lipinski definition) is 0. The zero-order chi connectivity index (χ0) is 19.8. The first-order valence-electron chi connectivity index (χ1n) is 9.30. The van der Waals surface area contributed by atoms with Crippen LogP contribution in [0.5, 0.6) is 0 Å². The molecule has 2 aromatic rings. The Morgan fingerprint density at radius 3 is 2.46 bits per heavy atom. The Labute approximate surface area is 180 Å². The van der Waals surface area contributed by atoms with E-state index in [2.05, 4.69) is 24.8 Å². The Morgan fingerprint density at radius 2 is 1.79 bits per heavy atom. The maximum absolute atomic E-state index is 12.9. The third kappa shape index (κ3) is 3.61. The number of carbonyl (C=O) groups is 1. The Hall–Kier alpha value is -1.74. The molecular weight excluding hydrogens is 413 g/mol. The number of rotatable bonds is 4. The maximum atomic E-state index is 12.9. The van der Waals surface area contributed by atoms with Crippen LogP contribution in [-0.2, 0) is 4.79 Å². The zero-order valence-electron chi connectivity index (χ0n) is 15.2. The summed E-state index contributed by atoms with van der Waals surface area (Å²) in [5, 5.41) is 1.91. The molecule has 2 aliphatic rings. The maximum Gasteiger partial charge on any atom is 0.230 e. The van der Waals surface area contributed by atoms with E-state index < -0.39 is 0 Å². The highest BCUT2D eigenvalue weighted by Crippen LogP contribution is 2.48. The van der Waals surface area contributed by atoms with Gasteiger partial charge in [-0.3, -0.25) is 4.79 Å². The average Bonchev–Trinajstić information content (AvgIpc) is 2.97. The molecule has 0 bridgehead atoms. The second-order valence-corrected chi connectivity index (χ2v) is 8.68. The van der Waals surface area contributed by atoms with Crippen LogP contribution in [0.15, 0.2) is 61.2 Å². The topological polar surface area (TPSA) is 20.3 Å². The number of halogens is 3. The Morgan fingerprint density at radius 1 is 1.07 bits per heavy atom. The highest BCUT2D eigenvalue weighted by molar-refractivity contribution is 6.35. The average molecular weight is 433 g/mol. The molecule has 2 aromatic carbocycles. The highest BCUT2D eigenvalue weighted by Gasteiger charge is 2.43. The first-order valence-corrected chi connectivity index (χ1v) is 10.4. The summed E-state index contributed by atoms with van der Waals surface area (Å²) in [4.78, 5) is 14.8. The summed E-state index contributed by atoms with van der Waals surface area (Å²) in [7, 11) is 0. The molecule has 0 saturated carbocycles. The molecule has 144 valence electrons. The summed E-state index contributed by atoms with van der Waals surface area (Å²) in [6.07, 6.45) is 4.79. The van der Waals surface area contributed by atoms with Crippen LogP contribution in [0, 0.1) is 11.8 Å². The number of allylic oxidation sites excluding steroid dienone is 1. The third-order valence-electron chi connectivity index (χ3n) is 5.70. The van der Waals surface area contributed by atoms with Crippen LogP contribution in [0.2, 0.25) is 15.1 Å². The molecule has 3 atom stereocenters. The molecule has 0 spiro atoms. The minimum atomic E-state index is -0.120. The summed E-state index contributed by atoms with van der Waals surface area (Å²) in [6.45, 7) is 5.12. The molecule has 5 heteroatoms. The van der Waals surface area contributed by atoms with Gasteiger partial charge in [-0.25, -0.2) is 0 Å². The van der Waals surface area contributed by atoms with Crippen LogP contribution in [0.25, 0.3) is 5.57 Å². The summed E-state index contributed by atoms with van der Waals surface area (Å²) in [5.74, 6) is 0.476. The molecule has 0 aromatic heterocycles. The third-order valence-corrected chi connectivity index (χ3v) is 6.50. The fourth-order valence-electron chi connectivity index (χ4n) is 4.40. The summed E-state index contributed by atoms with van der Waals surface area (Å²) in [6, 6.07) is 13.5. The summed E-state index contributed by atoms with van der Waals surface area (Å²) in [5.41, 5.74) is 3.19. The van der Waals surface area contributed by atoms with Gasteiger partial charge in [-0.2, -0.15) is 0 Å². The predicted octanol–water partition coefficient (Wildman–Crippen LogP) is 6.48. The van der Waals surface area contributed by atoms with Gasteiger partial charge >= 0.3 is 0 Å². The van der Waals surface area contributed by atoms with Crippen LogP contribution in [0.1, 0.15) is 23.5 Å². The molecule has 1 saturated heterocycles. The standard InChI is InChI=1S/C23H20Cl3NO/c1-2-9-27-13-15-10-19(14-3-5-16(24)6-4-14)21(12-20(15)23(27)28)18-8-7-17(25)11-22(18)26/h2-8,11-12,15,19-20H,1,9-10,13H2/t15-,19+,20-/m1/s1. The van der Waals surface area contributed by atoms with E-state index in [1.54, 1.807) is 12.1 Å². The van der Waals surface area contributed by atoms with Gasteiger partial charge in [0.1, 0.15) is 0 Å². The van der Waals surface area contributed by atoms with Crippen molar-refractivity contribution in [3.05, 3.63) is 87.4 Å². The van der Waals surface area contributed by atoms with Crippen molar-refractivity contribution in [3.8, 4) is 0 Å². The highest BCUT2D eigenvalue weighted by atomic mass is 35.5. The van der Waals surface area contributed by atoms with Gasteiger partial charge in [0, 0.05) is 34.1 Å². The first kappa shape index (κ1) is 19.6. The number of nitrogens with zero attached hydrogens (tertiary/aromatic N) is 1. The van der Waals surface area contributed by atoms with E-state index in [0.29, 0.717) is 21.6 Å². The summed E-state index contributed by atoms with van der Waals surface area (Å²) < 4.78 is 0. The number of likely N-dealkylation sites (tertiary alicyclic amines) is 1. The monoisotopic (exact) mass is 431 g/mol. The molecule has 1 aliphatic carbocycles. The molecular formula is C23H20Cl3NO. The zero-order valence-corrected chi connectivity index (χ0v) is 17.5. The second kappa shape index (κ2) is 7.94. The van der Waals surface area contributed by atoms with E-state index >= 15 is 0 Å². The van der Waals surface area contributed by atoms with E-state index in [9.17, 15) is 4.79 Å². The van der Waals surface area contributed by atoms with Crippen LogP contribution in [0.3, 0.4) is 0 Å². The van der Waals surface area contributed by atoms with Crippen molar-refractivity contribution in [2.75, 3.05) is 13.1 Å². The SMILES string of the molecule is C=CCN1C[C@H]2C[C@@H](c3ccc(Cl)cc3)C(c3ccc(Cl)cc3Cl)=C[C@H]2C1=O. The number of amides is 1. The van der Waals surface area contributed by atoms with Gasteiger partial charge < -0.3 is 4.90 Å². The Bertz CT molecular complexity index is 951. The van der Waals surface area contributed by atoms with Gasteiger partial charge in [0.05, 0.1) is 5.92 Å².